The fourth-order valence-electron chi connectivity index (χ4n) is 4.52. The van der Waals surface area contributed by atoms with Gasteiger partial charge in [-0.2, -0.15) is 5.10 Å². The van der Waals surface area contributed by atoms with E-state index in [2.05, 4.69) is 22.5 Å². The number of hydrogen-bond acceptors (Lipinski definition) is 4. The smallest absolute Gasteiger partial charge is 0.407 e. The molecule has 4 rings (SSSR count). The number of benzene rings is 2. The molecule has 3 aromatic rings. The lowest BCUT2D eigenvalue weighted by molar-refractivity contribution is -0.139. The monoisotopic (exact) mass is 447 g/mol. The third kappa shape index (κ3) is 4.62. The number of aryl methyl sites for hydroxylation is 1. The molecule has 1 aromatic heterocycles. The van der Waals surface area contributed by atoms with E-state index in [1.807, 2.05) is 57.2 Å². The molecule has 0 aliphatic heterocycles. The Morgan fingerprint density at radius 3 is 2.21 bits per heavy atom. The van der Waals surface area contributed by atoms with Crippen LogP contribution in [0.1, 0.15) is 49.1 Å². The largest absolute Gasteiger partial charge is 0.480 e. The number of rotatable bonds is 6. The van der Waals surface area contributed by atoms with Crippen molar-refractivity contribution >= 4 is 12.1 Å². The van der Waals surface area contributed by atoms with Gasteiger partial charge < -0.3 is 15.2 Å². The zero-order valence-electron chi connectivity index (χ0n) is 19.3. The second-order valence-corrected chi connectivity index (χ2v) is 9.49. The number of carboxylic acid groups (broad SMARTS) is 1. The standard InChI is InChI=1S/C26H29N3O4/c1-26(2,3)23-16(14-29(4)28-23)13-22(24(30)31)27-25(32)33-15-21-19-11-7-5-9-17(19)18-10-6-8-12-20(18)21/h5-12,14,21-22H,13,15H2,1-4H3,(H,27,32)(H,30,31). The van der Waals surface area contributed by atoms with E-state index in [0.29, 0.717) is 0 Å². The number of nitrogens with one attached hydrogen (secondary N) is 1. The Hall–Kier alpha value is -3.61. The van der Waals surface area contributed by atoms with Crippen LogP contribution in [-0.4, -0.2) is 39.6 Å². The average molecular weight is 448 g/mol. The van der Waals surface area contributed by atoms with Gasteiger partial charge in [0.25, 0.3) is 0 Å². The number of hydrogen-bond donors (Lipinski definition) is 2. The summed E-state index contributed by atoms with van der Waals surface area (Å²) < 4.78 is 7.20. The van der Waals surface area contributed by atoms with Gasteiger partial charge in [0, 0.05) is 31.0 Å². The Morgan fingerprint density at radius 2 is 1.67 bits per heavy atom. The molecular formula is C26H29N3O4. The van der Waals surface area contributed by atoms with Gasteiger partial charge in [0.05, 0.1) is 5.69 Å². The van der Waals surface area contributed by atoms with Crippen LogP contribution in [-0.2, 0) is 28.4 Å². The predicted octanol–water partition coefficient (Wildman–Crippen LogP) is 4.25. The Labute approximate surface area is 193 Å². The zero-order valence-corrected chi connectivity index (χ0v) is 19.3. The SMILES string of the molecule is Cn1cc(CC(NC(=O)OCC2c3ccccc3-c3ccccc32)C(=O)O)c(C(C)(C)C)n1. The van der Waals surface area contributed by atoms with Crippen LogP contribution in [0.4, 0.5) is 4.79 Å². The van der Waals surface area contributed by atoms with E-state index in [4.69, 9.17) is 4.74 Å². The summed E-state index contributed by atoms with van der Waals surface area (Å²) in [6, 6.07) is 15.0. The van der Waals surface area contributed by atoms with E-state index in [1.54, 1.807) is 17.9 Å². The molecule has 2 N–H and O–H groups in total. The van der Waals surface area contributed by atoms with Crippen molar-refractivity contribution in [1.82, 2.24) is 15.1 Å². The van der Waals surface area contributed by atoms with Crippen LogP contribution >= 0.6 is 0 Å². The molecular weight excluding hydrogens is 418 g/mol. The first kappa shape index (κ1) is 22.6. The number of alkyl carbamates (subject to hydrolysis) is 1. The van der Waals surface area contributed by atoms with Crippen molar-refractivity contribution in [2.75, 3.05) is 6.61 Å². The fourth-order valence-corrected chi connectivity index (χ4v) is 4.52. The molecule has 1 atom stereocenters. The third-order valence-electron chi connectivity index (χ3n) is 5.97. The molecule has 1 amide bonds. The molecule has 0 fully saturated rings. The van der Waals surface area contributed by atoms with Crippen LogP contribution in [0.5, 0.6) is 0 Å². The maximum absolute atomic E-state index is 12.6. The van der Waals surface area contributed by atoms with Crippen LogP contribution in [0.15, 0.2) is 54.7 Å². The summed E-state index contributed by atoms with van der Waals surface area (Å²) >= 11 is 0. The number of aromatic nitrogens is 2. The van der Waals surface area contributed by atoms with Gasteiger partial charge >= 0.3 is 12.1 Å². The highest BCUT2D eigenvalue weighted by atomic mass is 16.5. The molecule has 1 unspecified atom stereocenters. The molecule has 2 aromatic carbocycles. The average Bonchev–Trinajstić information content (AvgIpc) is 3.29. The minimum Gasteiger partial charge on any atom is -0.480 e. The number of fused-ring (bicyclic) bond motifs is 3. The van der Waals surface area contributed by atoms with E-state index in [1.165, 1.54) is 0 Å². The van der Waals surface area contributed by atoms with E-state index >= 15 is 0 Å². The van der Waals surface area contributed by atoms with Crippen LogP contribution in [0.2, 0.25) is 0 Å². The first-order chi connectivity index (χ1) is 15.6. The molecule has 7 nitrogen and oxygen atoms in total. The highest BCUT2D eigenvalue weighted by molar-refractivity contribution is 5.81. The lowest BCUT2D eigenvalue weighted by Crippen LogP contribution is -2.43. The normalized spacial score (nSPS) is 13.8. The lowest BCUT2D eigenvalue weighted by Gasteiger charge is -2.20. The molecule has 1 aliphatic carbocycles. The van der Waals surface area contributed by atoms with Gasteiger partial charge in [-0.05, 0) is 27.8 Å². The van der Waals surface area contributed by atoms with Crippen molar-refractivity contribution in [3.8, 4) is 11.1 Å². The number of amides is 1. The zero-order chi connectivity index (χ0) is 23.8. The maximum atomic E-state index is 12.6. The van der Waals surface area contributed by atoms with E-state index in [0.717, 1.165) is 33.5 Å². The number of aliphatic carboxylic acids is 1. The molecule has 1 heterocycles. The Bertz CT molecular complexity index is 1150. The van der Waals surface area contributed by atoms with Crippen molar-refractivity contribution in [2.45, 2.75) is 44.6 Å². The minimum atomic E-state index is -1.12. The third-order valence-corrected chi connectivity index (χ3v) is 5.97. The first-order valence-corrected chi connectivity index (χ1v) is 11.0. The number of carbonyl (C=O) groups is 2. The minimum absolute atomic E-state index is 0.0859. The van der Waals surface area contributed by atoms with Gasteiger partial charge in [-0.3, -0.25) is 4.68 Å². The second-order valence-electron chi connectivity index (χ2n) is 9.49. The Kier molecular flexibility index (Phi) is 5.97. The molecule has 0 saturated carbocycles. The molecule has 1 aliphatic rings. The van der Waals surface area contributed by atoms with Crippen molar-refractivity contribution in [3.05, 3.63) is 77.1 Å². The molecule has 0 saturated heterocycles. The number of nitrogens with zero attached hydrogens (tertiary/aromatic N) is 2. The summed E-state index contributed by atoms with van der Waals surface area (Å²) in [6.07, 6.45) is 1.18. The highest BCUT2D eigenvalue weighted by Crippen LogP contribution is 2.44. The lowest BCUT2D eigenvalue weighted by atomic mass is 9.88. The quantitative estimate of drug-likeness (QED) is 0.589. The van der Waals surface area contributed by atoms with Gasteiger partial charge in [-0.15, -0.1) is 0 Å². The number of carbonyl (C=O) groups excluding carboxylic acids is 1. The molecule has 0 spiro atoms. The van der Waals surface area contributed by atoms with Gasteiger partial charge in [0.2, 0.25) is 0 Å². The summed E-state index contributed by atoms with van der Waals surface area (Å²) in [5.41, 5.74) is 5.83. The predicted molar refractivity (Wildman–Crippen MR) is 125 cm³/mol. The van der Waals surface area contributed by atoms with Gasteiger partial charge in [0.15, 0.2) is 0 Å². The molecule has 0 radical (unpaired) electrons. The summed E-state index contributed by atoms with van der Waals surface area (Å²) in [5, 5.41) is 16.7. The van der Waals surface area contributed by atoms with Crippen molar-refractivity contribution < 1.29 is 19.4 Å². The molecule has 0 bridgehead atoms. The van der Waals surface area contributed by atoms with Crippen molar-refractivity contribution in [2.24, 2.45) is 7.05 Å². The van der Waals surface area contributed by atoms with Gasteiger partial charge in [-0.1, -0.05) is 69.3 Å². The summed E-state index contributed by atoms with van der Waals surface area (Å²) in [5.74, 6) is -1.20. The van der Waals surface area contributed by atoms with Gasteiger partial charge in [0.1, 0.15) is 12.6 Å². The topological polar surface area (TPSA) is 93.5 Å². The molecule has 172 valence electrons. The first-order valence-electron chi connectivity index (χ1n) is 11.0. The van der Waals surface area contributed by atoms with E-state index < -0.39 is 18.1 Å². The highest BCUT2D eigenvalue weighted by Gasteiger charge is 2.31. The second kappa shape index (κ2) is 8.73. The fraction of sp³-hybridized carbons (Fsp3) is 0.346. The number of carboxylic acids is 1. The summed E-state index contributed by atoms with van der Waals surface area (Å²) in [6.45, 7) is 6.20. The summed E-state index contributed by atoms with van der Waals surface area (Å²) in [4.78, 5) is 24.5. The van der Waals surface area contributed by atoms with E-state index in [-0.39, 0.29) is 24.4 Å². The Morgan fingerprint density at radius 1 is 1.09 bits per heavy atom. The van der Waals surface area contributed by atoms with Crippen LogP contribution in [0.3, 0.4) is 0 Å². The van der Waals surface area contributed by atoms with Gasteiger partial charge in [-0.25, -0.2) is 9.59 Å². The van der Waals surface area contributed by atoms with Crippen LogP contribution < -0.4 is 5.32 Å². The van der Waals surface area contributed by atoms with Crippen LogP contribution in [0.25, 0.3) is 11.1 Å². The van der Waals surface area contributed by atoms with Crippen molar-refractivity contribution in [1.29, 1.82) is 0 Å². The maximum Gasteiger partial charge on any atom is 0.407 e. The summed E-state index contributed by atoms with van der Waals surface area (Å²) in [7, 11) is 1.80. The van der Waals surface area contributed by atoms with Crippen LogP contribution in [0, 0.1) is 0 Å². The molecule has 7 heteroatoms. The van der Waals surface area contributed by atoms with E-state index in [9.17, 15) is 14.7 Å². The number of ether oxygens (including phenoxy) is 1. The Balaban J connectivity index is 1.46. The molecule has 33 heavy (non-hydrogen) atoms. The van der Waals surface area contributed by atoms with Crippen molar-refractivity contribution in [3.63, 3.8) is 0 Å².